The molecule has 25 heavy (non-hydrogen) atoms. The Bertz CT molecular complexity index is 588. The van der Waals surface area contributed by atoms with Crippen molar-refractivity contribution < 1.29 is 19.1 Å². The predicted octanol–water partition coefficient (Wildman–Crippen LogP) is 3.76. The van der Waals surface area contributed by atoms with E-state index in [0.717, 1.165) is 23.3 Å². The van der Waals surface area contributed by atoms with Crippen molar-refractivity contribution in [2.75, 3.05) is 13.2 Å². The first-order valence-corrected chi connectivity index (χ1v) is 7.63. The third-order valence-corrected chi connectivity index (χ3v) is 3.00. The van der Waals surface area contributed by atoms with E-state index in [1.54, 1.807) is 0 Å². The molecular weight excluding hydrogens is 320 g/mol. The number of hydrogen-bond acceptors (Lipinski definition) is 6. The van der Waals surface area contributed by atoms with Gasteiger partial charge >= 0.3 is 0 Å². The lowest BCUT2D eigenvalue weighted by Gasteiger charge is -2.34. The van der Waals surface area contributed by atoms with Gasteiger partial charge in [0.2, 0.25) is 17.9 Å². The summed E-state index contributed by atoms with van der Waals surface area (Å²) in [4.78, 5) is 16.7. The summed E-state index contributed by atoms with van der Waals surface area (Å²) in [6, 6.07) is 20.2. The molecule has 0 spiro atoms. The summed E-state index contributed by atoms with van der Waals surface area (Å²) in [5.74, 6) is -0.813. The van der Waals surface area contributed by atoms with Crippen molar-refractivity contribution in [3.8, 4) is 0 Å². The summed E-state index contributed by atoms with van der Waals surface area (Å²) in [5.41, 5.74) is 2.04. The van der Waals surface area contributed by atoms with Crippen molar-refractivity contribution in [3.05, 3.63) is 71.8 Å². The van der Waals surface area contributed by atoms with Gasteiger partial charge in [-0.25, -0.2) is 20.4 Å². The van der Waals surface area contributed by atoms with Crippen molar-refractivity contribution in [2.45, 2.75) is 19.6 Å². The number of benzene rings is 2. The Kier molecular flexibility index (Phi) is 12.0. The average molecular weight is 342 g/mol. The van der Waals surface area contributed by atoms with Gasteiger partial charge in [-0.05, 0) is 13.8 Å². The third-order valence-electron chi connectivity index (χ3n) is 3.00. The Hall–Kier alpha value is -2.88. The molecule has 0 saturated carbocycles. The average Bonchev–Trinajstić information content (AvgIpc) is 2.64. The minimum atomic E-state index is -0.813. The predicted molar refractivity (Wildman–Crippen MR) is 93.7 cm³/mol. The number of rotatable bonds is 6. The maximum Gasteiger partial charge on any atom is 0.231 e. The molecule has 2 N–H and O–H groups in total. The molecule has 0 radical (unpaired) electrons. The van der Waals surface area contributed by atoms with E-state index in [1.165, 1.54) is 0 Å². The molecule has 0 aliphatic heterocycles. The van der Waals surface area contributed by atoms with Crippen LogP contribution in [0.15, 0.2) is 60.7 Å². The van der Waals surface area contributed by atoms with Gasteiger partial charge in [-0.2, -0.15) is 0 Å². The maximum atomic E-state index is 8.35. The summed E-state index contributed by atoms with van der Waals surface area (Å²) in [5, 5.41) is 10.8. The van der Waals surface area contributed by atoms with Gasteiger partial charge in [-0.15, -0.1) is 0 Å². The van der Waals surface area contributed by atoms with Gasteiger partial charge in [0.05, 0.1) is 0 Å². The first kappa shape index (κ1) is 22.1. The SMILES string of the molecule is CCOC(OCC)(c1ccccc1)c1ccccc1.N=C=O.N=C=O. The fourth-order valence-corrected chi connectivity index (χ4v) is 2.26. The third kappa shape index (κ3) is 7.04. The van der Waals surface area contributed by atoms with Gasteiger partial charge in [0.25, 0.3) is 0 Å². The zero-order chi connectivity index (χ0) is 19.0. The smallest absolute Gasteiger partial charge is 0.231 e. The molecule has 2 aromatic rings. The molecule has 0 fully saturated rings. The highest BCUT2D eigenvalue weighted by atomic mass is 16.7. The molecule has 132 valence electrons. The van der Waals surface area contributed by atoms with E-state index in [0.29, 0.717) is 13.2 Å². The van der Waals surface area contributed by atoms with E-state index in [4.69, 9.17) is 29.9 Å². The Balaban J connectivity index is 0.000000844. The van der Waals surface area contributed by atoms with Crippen molar-refractivity contribution >= 4 is 12.2 Å². The van der Waals surface area contributed by atoms with Crippen LogP contribution < -0.4 is 0 Å². The van der Waals surface area contributed by atoms with Crippen LogP contribution in [0.1, 0.15) is 25.0 Å². The standard InChI is InChI=1S/C17H20O2.2CHNO/c1-3-18-17(19-4-2,15-11-7-5-8-12-15)16-13-9-6-10-14-16;2*2-1-3/h5-14H,3-4H2,1-2H3;2*2H. The van der Waals surface area contributed by atoms with Crippen LogP contribution in [0.2, 0.25) is 0 Å². The maximum absolute atomic E-state index is 8.35. The number of isocyanates is 2. The van der Waals surface area contributed by atoms with E-state index in [9.17, 15) is 0 Å². The fourth-order valence-electron chi connectivity index (χ4n) is 2.26. The van der Waals surface area contributed by atoms with Crippen LogP contribution in [0.4, 0.5) is 0 Å². The number of nitrogens with one attached hydrogen (secondary N) is 2. The molecule has 0 bridgehead atoms. The molecule has 2 aromatic carbocycles. The highest BCUT2D eigenvalue weighted by Gasteiger charge is 2.35. The Morgan fingerprint density at radius 1 is 0.760 bits per heavy atom. The minimum absolute atomic E-state index is 0.587. The first-order valence-electron chi connectivity index (χ1n) is 7.63. The molecule has 0 saturated heterocycles. The molecule has 0 aliphatic rings. The Morgan fingerprint density at radius 2 is 1.04 bits per heavy atom. The van der Waals surface area contributed by atoms with Crippen LogP contribution >= 0.6 is 0 Å². The second kappa shape index (κ2) is 13.5. The molecular formula is C19H22N2O4. The Labute approximate surface area is 147 Å². The Morgan fingerprint density at radius 3 is 1.28 bits per heavy atom. The number of hydrogen-bond donors (Lipinski definition) is 2. The fraction of sp³-hybridized carbons (Fsp3) is 0.263. The lowest BCUT2D eigenvalue weighted by molar-refractivity contribution is -0.213. The number of ether oxygens (including phenoxy) is 2. The summed E-state index contributed by atoms with van der Waals surface area (Å²) < 4.78 is 12.0. The highest BCUT2D eigenvalue weighted by Crippen LogP contribution is 2.34. The van der Waals surface area contributed by atoms with Crippen molar-refractivity contribution in [1.29, 1.82) is 10.8 Å². The van der Waals surface area contributed by atoms with E-state index in [1.807, 2.05) is 74.5 Å². The molecule has 0 atom stereocenters. The lowest BCUT2D eigenvalue weighted by Crippen LogP contribution is -2.34. The zero-order valence-corrected chi connectivity index (χ0v) is 14.3. The van der Waals surface area contributed by atoms with Crippen LogP contribution in [-0.2, 0) is 24.8 Å². The first-order chi connectivity index (χ1) is 12.2. The van der Waals surface area contributed by atoms with Crippen LogP contribution in [0.25, 0.3) is 0 Å². The largest absolute Gasteiger partial charge is 0.342 e. The minimum Gasteiger partial charge on any atom is -0.342 e. The van der Waals surface area contributed by atoms with E-state index in [2.05, 4.69) is 0 Å². The molecule has 0 unspecified atom stereocenters. The summed E-state index contributed by atoms with van der Waals surface area (Å²) in [6.45, 7) is 5.15. The summed E-state index contributed by atoms with van der Waals surface area (Å²) >= 11 is 0. The van der Waals surface area contributed by atoms with Crippen LogP contribution in [0.5, 0.6) is 0 Å². The van der Waals surface area contributed by atoms with Crippen molar-refractivity contribution in [2.24, 2.45) is 0 Å². The molecule has 0 heterocycles. The van der Waals surface area contributed by atoms with E-state index in [-0.39, 0.29) is 0 Å². The van der Waals surface area contributed by atoms with Gasteiger partial charge < -0.3 is 9.47 Å². The quantitative estimate of drug-likeness (QED) is 0.474. The van der Waals surface area contributed by atoms with E-state index >= 15 is 0 Å². The van der Waals surface area contributed by atoms with E-state index < -0.39 is 5.79 Å². The topological polar surface area (TPSA) is 100 Å². The van der Waals surface area contributed by atoms with Crippen molar-refractivity contribution in [3.63, 3.8) is 0 Å². The summed E-state index contributed by atoms with van der Waals surface area (Å²) in [7, 11) is 0. The molecule has 0 aliphatic carbocycles. The second-order valence-electron chi connectivity index (χ2n) is 4.42. The highest BCUT2D eigenvalue weighted by molar-refractivity contribution is 5.33. The number of carbonyl (C=O) groups excluding carboxylic acids is 2. The normalized spacial score (nSPS) is 9.36. The van der Waals surface area contributed by atoms with Crippen molar-refractivity contribution in [1.82, 2.24) is 0 Å². The monoisotopic (exact) mass is 342 g/mol. The van der Waals surface area contributed by atoms with Crippen LogP contribution in [0.3, 0.4) is 0 Å². The van der Waals surface area contributed by atoms with Gasteiger partial charge in [0.1, 0.15) is 0 Å². The zero-order valence-electron chi connectivity index (χ0n) is 14.3. The summed E-state index contributed by atoms with van der Waals surface area (Å²) in [6.07, 6.45) is 1.50. The lowest BCUT2D eigenvalue weighted by atomic mass is 9.97. The molecule has 6 nitrogen and oxygen atoms in total. The molecule has 6 heteroatoms. The van der Waals surface area contributed by atoms with Gasteiger partial charge in [-0.1, -0.05) is 60.7 Å². The molecule has 0 aromatic heterocycles. The van der Waals surface area contributed by atoms with Gasteiger partial charge in [0, 0.05) is 24.3 Å². The molecule has 2 rings (SSSR count). The van der Waals surface area contributed by atoms with Gasteiger partial charge in [0.15, 0.2) is 0 Å². The second-order valence-corrected chi connectivity index (χ2v) is 4.42. The van der Waals surface area contributed by atoms with Crippen LogP contribution in [-0.4, -0.2) is 25.4 Å². The van der Waals surface area contributed by atoms with Crippen LogP contribution in [0, 0.1) is 10.8 Å². The molecule has 0 amide bonds. The van der Waals surface area contributed by atoms with Gasteiger partial charge in [-0.3, -0.25) is 0 Å².